The van der Waals surface area contributed by atoms with Crippen molar-refractivity contribution in [3.63, 3.8) is 0 Å². The Bertz CT molecular complexity index is 409. The molecule has 0 amide bonds. The molecule has 1 aromatic carbocycles. The number of fused-ring (bicyclic) bond motifs is 1. The summed E-state index contributed by atoms with van der Waals surface area (Å²) in [5, 5.41) is 3.50. The lowest BCUT2D eigenvalue weighted by atomic mass is 9.82. The second-order valence-corrected chi connectivity index (χ2v) is 6.02. The van der Waals surface area contributed by atoms with Gasteiger partial charge >= 0.3 is 0 Å². The summed E-state index contributed by atoms with van der Waals surface area (Å²) >= 11 is 0. The molecule has 2 atom stereocenters. The average Bonchev–Trinajstić information content (AvgIpc) is 2.99. The van der Waals surface area contributed by atoms with Crippen LogP contribution in [0, 0.1) is 0 Å². The summed E-state index contributed by atoms with van der Waals surface area (Å²) in [5.74, 6) is 0.755. The molecule has 104 valence electrons. The van der Waals surface area contributed by atoms with Gasteiger partial charge in [-0.15, -0.1) is 0 Å². The topological polar surface area (TPSA) is 15.3 Å². The van der Waals surface area contributed by atoms with Crippen molar-refractivity contribution >= 4 is 0 Å². The first kappa shape index (κ1) is 13.1. The highest BCUT2D eigenvalue weighted by Gasteiger charge is 2.26. The van der Waals surface area contributed by atoms with Crippen LogP contribution in [0.2, 0.25) is 0 Å². The fourth-order valence-corrected chi connectivity index (χ4v) is 3.81. The first-order valence-electron chi connectivity index (χ1n) is 7.91. The fourth-order valence-electron chi connectivity index (χ4n) is 3.81. The molecular formula is C17H26N2. The smallest absolute Gasteiger partial charge is 0.0232 e. The zero-order chi connectivity index (χ0) is 13.1. The van der Waals surface area contributed by atoms with Crippen LogP contribution in [0.25, 0.3) is 0 Å². The lowest BCUT2D eigenvalue weighted by Gasteiger charge is -2.34. The van der Waals surface area contributed by atoms with Gasteiger partial charge in [0.1, 0.15) is 0 Å². The number of aryl methyl sites for hydroxylation is 1. The molecule has 2 unspecified atom stereocenters. The summed E-state index contributed by atoms with van der Waals surface area (Å²) in [6.45, 7) is 7.13. The van der Waals surface area contributed by atoms with E-state index in [0.29, 0.717) is 0 Å². The van der Waals surface area contributed by atoms with Crippen molar-refractivity contribution in [3.05, 3.63) is 35.4 Å². The maximum absolute atomic E-state index is 3.50. The Kier molecular flexibility index (Phi) is 4.19. The van der Waals surface area contributed by atoms with Crippen LogP contribution >= 0.6 is 0 Å². The highest BCUT2D eigenvalue weighted by molar-refractivity contribution is 5.32. The third kappa shape index (κ3) is 2.85. The summed E-state index contributed by atoms with van der Waals surface area (Å²) in [7, 11) is 0. The van der Waals surface area contributed by atoms with Gasteiger partial charge in [-0.1, -0.05) is 31.2 Å². The van der Waals surface area contributed by atoms with Crippen LogP contribution < -0.4 is 5.32 Å². The zero-order valence-electron chi connectivity index (χ0n) is 12.1. The van der Waals surface area contributed by atoms with Crippen LogP contribution in [0.5, 0.6) is 0 Å². The predicted octanol–water partition coefficient (Wildman–Crippen LogP) is 2.79. The van der Waals surface area contributed by atoms with Crippen molar-refractivity contribution in [1.29, 1.82) is 0 Å². The minimum atomic E-state index is 0.755. The van der Waals surface area contributed by atoms with Crippen molar-refractivity contribution in [3.8, 4) is 0 Å². The van der Waals surface area contributed by atoms with Gasteiger partial charge in [-0.05, 0) is 55.8 Å². The highest BCUT2D eigenvalue weighted by atomic mass is 15.2. The summed E-state index contributed by atoms with van der Waals surface area (Å²) < 4.78 is 0. The van der Waals surface area contributed by atoms with Gasteiger partial charge in [0, 0.05) is 19.1 Å². The van der Waals surface area contributed by atoms with Gasteiger partial charge in [0.15, 0.2) is 0 Å². The van der Waals surface area contributed by atoms with Gasteiger partial charge < -0.3 is 5.32 Å². The second kappa shape index (κ2) is 6.06. The van der Waals surface area contributed by atoms with E-state index in [2.05, 4.69) is 41.4 Å². The number of hydrogen-bond acceptors (Lipinski definition) is 2. The van der Waals surface area contributed by atoms with E-state index < -0.39 is 0 Å². The molecule has 1 heterocycles. The van der Waals surface area contributed by atoms with E-state index in [-0.39, 0.29) is 0 Å². The molecule has 0 spiro atoms. The standard InChI is InChI=1S/C17H26N2/c1-2-19(16-10-11-18-12-16)13-15-8-5-7-14-6-3-4-9-17(14)15/h3-4,6,9,15-16,18H,2,5,7-8,10-13H2,1H3. The fraction of sp³-hybridized carbons (Fsp3) is 0.647. The maximum atomic E-state index is 3.50. The molecule has 3 rings (SSSR count). The third-order valence-electron chi connectivity index (χ3n) is 4.91. The number of hydrogen-bond donors (Lipinski definition) is 1. The van der Waals surface area contributed by atoms with Crippen LogP contribution in [0.15, 0.2) is 24.3 Å². The van der Waals surface area contributed by atoms with Gasteiger partial charge in [-0.3, -0.25) is 4.90 Å². The summed E-state index contributed by atoms with van der Waals surface area (Å²) in [6.07, 6.45) is 5.34. The van der Waals surface area contributed by atoms with E-state index in [0.717, 1.165) is 12.0 Å². The molecule has 0 radical (unpaired) electrons. The van der Waals surface area contributed by atoms with Crippen LogP contribution in [0.3, 0.4) is 0 Å². The molecule has 1 aliphatic carbocycles. The van der Waals surface area contributed by atoms with E-state index in [4.69, 9.17) is 0 Å². The van der Waals surface area contributed by atoms with Crippen molar-refractivity contribution in [2.75, 3.05) is 26.2 Å². The van der Waals surface area contributed by atoms with Gasteiger partial charge in [-0.25, -0.2) is 0 Å². The van der Waals surface area contributed by atoms with Crippen molar-refractivity contribution in [2.45, 2.75) is 44.6 Å². The quantitative estimate of drug-likeness (QED) is 0.893. The molecule has 1 aromatic rings. The Hall–Kier alpha value is -0.860. The Morgan fingerprint density at radius 2 is 2.16 bits per heavy atom. The minimum Gasteiger partial charge on any atom is -0.315 e. The van der Waals surface area contributed by atoms with Gasteiger partial charge in [0.25, 0.3) is 0 Å². The van der Waals surface area contributed by atoms with E-state index in [1.807, 2.05) is 0 Å². The summed E-state index contributed by atoms with van der Waals surface area (Å²) in [5.41, 5.74) is 3.22. The van der Waals surface area contributed by atoms with E-state index in [1.54, 1.807) is 11.1 Å². The molecule has 1 aliphatic heterocycles. The number of benzene rings is 1. The molecule has 1 saturated heterocycles. The molecule has 0 bridgehead atoms. The molecule has 1 N–H and O–H groups in total. The number of nitrogens with one attached hydrogen (secondary N) is 1. The molecule has 2 aliphatic rings. The van der Waals surface area contributed by atoms with Crippen molar-refractivity contribution < 1.29 is 0 Å². The molecule has 2 nitrogen and oxygen atoms in total. The first-order valence-corrected chi connectivity index (χ1v) is 7.91. The SMILES string of the molecule is CCN(CC1CCCc2ccccc21)C1CCNC1. The Balaban J connectivity index is 1.72. The Morgan fingerprint density at radius 1 is 1.26 bits per heavy atom. The van der Waals surface area contributed by atoms with Crippen LogP contribution in [0.4, 0.5) is 0 Å². The summed E-state index contributed by atoms with van der Waals surface area (Å²) in [6, 6.07) is 9.86. The monoisotopic (exact) mass is 258 g/mol. The number of likely N-dealkylation sites (N-methyl/N-ethyl adjacent to an activating group) is 1. The normalized spacial score (nSPS) is 26.6. The lowest BCUT2D eigenvalue weighted by molar-refractivity contribution is 0.199. The maximum Gasteiger partial charge on any atom is 0.0232 e. The highest BCUT2D eigenvalue weighted by Crippen LogP contribution is 2.32. The zero-order valence-corrected chi connectivity index (χ0v) is 12.1. The van der Waals surface area contributed by atoms with Crippen molar-refractivity contribution in [2.24, 2.45) is 0 Å². The Labute approximate surface area is 117 Å². The lowest BCUT2D eigenvalue weighted by Crippen LogP contribution is -2.40. The van der Waals surface area contributed by atoms with E-state index in [1.165, 1.54) is 51.9 Å². The molecule has 19 heavy (non-hydrogen) atoms. The molecule has 1 fully saturated rings. The third-order valence-corrected chi connectivity index (χ3v) is 4.91. The predicted molar refractivity (Wildman–Crippen MR) is 80.6 cm³/mol. The van der Waals surface area contributed by atoms with Crippen LogP contribution in [-0.4, -0.2) is 37.1 Å². The average molecular weight is 258 g/mol. The first-order chi connectivity index (χ1) is 9.38. The van der Waals surface area contributed by atoms with Crippen molar-refractivity contribution in [1.82, 2.24) is 10.2 Å². The molecular weight excluding hydrogens is 232 g/mol. The number of nitrogens with zero attached hydrogens (tertiary/aromatic N) is 1. The largest absolute Gasteiger partial charge is 0.315 e. The van der Waals surface area contributed by atoms with Gasteiger partial charge in [-0.2, -0.15) is 0 Å². The second-order valence-electron chi connectivity index (χ2n) is 6.02. The van der Waals surface area contributed by atoms with Gasteiger partial charge in [0.2, 0.25) is 0 Å². The Morgan fingerprint density at radius 3 is 2.95 bits per heavy atom. The minimum absolute atomic E-state index is 0.755. The number of rotatable bonds is 4. The molecule has 2 heteroatoms. The van der Waals surface area contributed by atoms with E-state index >= 15 is 0 Å². The van der Waals surface area contributed by atoms with Crippen LogP contribution in [0.1, 0.15) is 43.2 Å². The van der Waals surface area contributed by atoms with E-state index in [9.17, 15) is 0 Å². The molecule has 0 saturated carbocycles. The van der Waals surface area contributed by atoms with Crippen LogP contribution in [-0.2, 0) is 6.42 Å². The van der Waals surface area contributed by atoms with Gasteiger partial charge in [0.05, 0.1) is 0 Å². The molecule has 0 aromatic heterocycles. The summed E-state index contributed by atoms with van der Waals surface area (Å²) in [4.78, 5) is 2.70.